The highest BCUT2D eigenvalue weighted by Gasteiger charge is 2.18. The molecule has 0 fully saturated rings. The molecule has 3 rings (SSSR count). The van der Waals surface area contributed by atoms with Gasteiger partial charge in [-0.05, 0) is 35.2 Å². The highest BCUT2D eigenvalue weighted by Crippen LogP contribution is 2.34. The van der Waals surface area contributed by atoms with Crippen LogP contribution in [0.25, 0.3) is 11.1 Å². The summed E-state index contributed by atoms with van der Waals surface area (Å²) in [6, 6.07) is 13.8. The molecule has 3 heteroatoms. The van der Waals surface area contributed by atoms with Crippen LogP contribution in [0.4, 0.5) is 5.69 Å². The summed E-state index contributed by atoms with van der Waals surface area (Å²) in [5.74, 6) is -0.385. The Morgan fingerprint density at radius 3 is 2.67 bits per heavy atom. The highest BCUT2D eigenvalue weighted by atomic mass is 16.1. The number of anilines is 1. The Morgan fingerprint density at radius 1 is 1.17 bits per heavy atom. The van der Waals surface area contributed by atoms with Crippen LogP contribution in [0.3, 0.4) is 0 Å². The molecular weight excluding hydrogens is 224 g/mol. The van der Waals surface area contributed by atoms with Gasteiger partial charge in [0.15, 0.2) is 0 Å². The van der Waals surface area contributed by atoms with Gasteiger partial charge in [0.25, 0.3) is 0 Å². The monoisotopic (exact) mass is 238 g/mol. The van der Waals surface area contributed by atoms with Crippen LogP contribution in [0.5, 0.6) is 0 Å². The van der Waals surface area contributed by atoms with Gasteiger partial charge in [0.2, 0.25) is 5.91 Å². The van der Waals surface area contributed by atoms with E-state index in [4.69, 9.17) is 5.73 Å². The number of hydrogen-bond acceptors (Lipinski definition) is 2. The van der Waals surface area contributed by atoms with Crippen LogP contribution >= 0.6 is 0 Å². The first kappa shape index (κ1) is 10.8. The average Bonchev–Trinajstić information content (AvgIpc) is 2.86. The minimum absolute atomic E-state index is 0.385. The van der Waals surface area contributed by atoms with Crippen molar-refractivity contribution in [2.45, 2.75) is 6.42 Å². The predicted molar refractivity (Wildman–Crippen MR) is 72.6 cm³/mol. The zero-order chi connectivity index (χ0) is 12.5. The summed E-state index contributed by atoms with van der Waals surface area (Å²) < 4.78 is 0. The molecule has 0 spiro atoms. The first-order chi connectivity index (χ1) is 8.75. The molecular formula is C15H14N2O. The molecule has 0 radical (unpaired) electrons. The quantitative estimate of drug-likeness (QED) is 0.844. The molecule has 2 aromatic carbocycles. The van der Waals surface area contributed by atoms with Crippen LogP contribution in [0, 0.1) is 0 Å². The lowest BCUT2D eigenvalue weighted by molar-refractivity contribution is 0.100. The lowest BCUT2D eigenvalue weighted by Crippen LogP contribution is -2.11. The molecule has 3 N–H and O–H groups in total. The number of nitrogens with one attached hydrogen (secondary N) is 1. The van der Waals surface area contributed by atoms with Gasteiger partial charge in [0, 0.05) is 17.8 Å². The number of fused-ring (bicyclic) bond motifs is 1. The molecule has 0 saturated heterocycles. The summed E-state index contributed by atoms with van der Waals surface area (Å²) in [6.07, 6.45) is 0.985. The summed E-state index contributed by atoms with van der Waals surface area (Å²) in [5.41, 5.74) is 10.5. The van der Waals surface area contributed by atoms with E-state index in [0.29, 0.717) is 5.56 Å². The molecule has 1 heterocycles. The lowest BCUT2D eigenvalue weighted by atomic mass is 9.95. The van der Waals surface area contributed by atoms with Crippen molar-refractivity contribution in [1.82, 2.24) is 0 Å². The summed E-state index contributed by atoms with van der Waals surface area (Å²) in [6.45, 7) is 0.914. The van der Waals surface area contributed by atoms with Crippen molar-refractivity contribution >= 4 is 11.6 Å². The molecule has 0 aliphatic carbocycles. The molecule has 0 unspecified atom stereocenters. The van der Waals surface area contributed by atoms with Gasteiger partial charge in [-0.1, -0.05) is 30.3 Å². The summed E-state index contributed by atoms with van der Waals surface area (Å²) in [7, 11) is 0. The van der Waals surface area contributed by atoms with E-state index in [0.717, 1.165) is 29.8 Å². The third-order valence-corrected chi connectivity index (χ3v) is 3.31. The Balaban J connectivity index is 2.22. The van der Waals surface area contributed by atoms with Crippen molar-refractivity contribution in [2.24, 2.45) is 5.73 Å². The maximum atomic E-state index is 11.4. The van der Waals surface area contributed by atoms with Crippen molar-refractivity contribution in [3.8, 4) is 11.1 Å². The second-order valence-electron chi connectivity index (χ2n) is 4.46. The molecule has 1 aliphatic heterocycles. The van der Waals surface area contributed by atoms with Crippen LogP contribution in [0.2, 0.25) is 0 Å². The van der Waals surface area contributed by atoms with Gasteiger partial charge < -0.3 is 11.1 Å². The van der Waals surface area contributed by atoms with Crippen LogP contribution in [0.15, 0.2) is 42.5 Å². The van der Waals surface area contributed by atoms with Gasteiger partial charge >= 0.3 is 0 Å². The second-order valence-corrected chi connectivity index (χ2v) is 4.46. The fraction of sp³-hybridized carbons (Fsp3) is 0.133. The smallest absolute Gasteiger partial charge is 0.248 e. The summed E-state index contributed by atoms with van der Waals surface area (Å²) in [4.78, 5) is 11.4. The minimum atomic E-state index is -0.385. The second kappa shape index (κ2) is 4.18. The molecule has 0 bridgehead atoms. The summed E-state index contributed by atoms with van der Waals surface area (Å²) >= 11 is 0. The lowest BCUT2D eigenvalue weighted by Gasteiger charge is -2.10. The molecule has 1 aliphatic rings. The SMILES string of the molecule is NC(=O)c1cc2c(c(-c3ccccc3)c1)CCN2. The molecule has 0 saturated carbocycles. The van der Waals surface area contributed by atoms with Crippen molar-refractivity contribution in [1.29, 1.82) is 0 Å². The highest BCUT2D eigenvalue weighted by molar-refractivity contribution is 5.96. The van der Waals surface area contributed by atoms with Gasteiger partial charge in [-0.2, -0.15) is 0 Å². The Hall–Kier alpha value is -2.29. The van der Waals surface area contributed by atoms with E-state index in [9.17, 15) is 4.79 Å². The van der Waals surface area contributed by atoms with Gasteiger partial charge in [-0.3, -0.25) is 4.79 Å². The van der Waals surface area contributed by atoms with Crippen molar-refractivity contribution < 1.29 is 4.79 Å². The number of nitrogens with two attached hydrogens (primary N) is 1. The maximum Gasteiger partial charge on any atom is 0.248 e. The van der Waals surface area contributed by atoms with E-state index in [1.807, 2.05) is 30.3 Å². The first-order valence-corrected chi connectivity index (χ1v) is 6.02. The van der Waals surface area contributed by atoms with Gasteiger partial charge in [-0.25, -0.2) is 0 Å². The van der Waals surface area contributed by atoms with E-state index >= 15 is 0 Å². The van der Waals surface area contributed by atoms with E-state index in [2.05, 4.69) is 17.4 Å². The molecule has 1 amide bonds. The Labute approximate surface area is 106 Å². The van der Waals surface area contributed by atoms with E-state index in [1.54, 1.807) is 0 Å². The number of carbonyl (C=O) groups is 1. The maximum absolute atomic E-state index is 11.4. The fourth-order valence-electron chi connectivity index (χ4n) is 2.44. The minimum Gasteiger partial charge on any atom is -0.384 e. The van der Waals surface area contributed by atoms with E-state index < -0.39 is 0 Å². The molecule has 0 aromatic heterocycles. The van der Waals surface area contributed by atoms with Crippen LogP contribution in [-0.2, 0) is 6.42 Å². The van der Waals surface area contributed by atoms with Crippen molar-refractivity contribution in [3.05, 3.63) is 53.6 Å². The molecule has 0 atom stereocenters. The number of primary amides is 1. The van der Waals surface area contributed by atoms with E-state index in [-0.39, 0.29) is 5.91 Å². The molecule has 90 valence electrons. The third kappa shape index (κ3) is 1.74. The van der Waals surface area contributed by atoms with Crippen LogP contribution in [0.1, 0.15) is 15.9 Å². The van der Waals surface area contributed by atoms with Gasteiger partial charge in [0.1, 0.15) is 0 Å². The first-order valence-electron chi connectivity index (χ1n) is 6.02. The zero-order valence-corrected chi connectivity index (χ0v) is 9.94. The van der Waals surface area contributed by atoms with Crippen molar-refractivity contribution in [3.63, 3.8) is 0 Å². The van der Waals surface area contributed by atoms with Gasteiger partial charge in [0.05, 0.1) is 0 Å². The Kier molecular flexibility index (Phi) is 2.52. The fourth-order valence-corrected chi connectivity index (χ4v) is 2.44. The molecule has 18 heavy (non-hydrogen) atoms. The van der Waals surface area contributed by atoms with Gasteiger partial charge in [-0.15, -0.1) is 0 Å². The molecule has 2 aromatic rings. The Bertz CT molecular complexity index is 605. The Morgan fingerprint density at radius 2 is 1.94 bits per heavy atom. The van der Waals surface area contributed by atoms with E-state index in [1.165, 1.54) is 5.56 Å². The standard InChI is InChI=1S/C15H14N2O/c16-15(18)11-8-13(10-4-2-1-3-5-10)12-6-7-17-14(12)9-11/h1-5,8-9,17H,6-7H2,(H2,16,18). The number of carbonyl (C=O) groups excluding carboxylic acids is 1. The van der Waals surface area contributed by atoms with Crippen molar-refractivity contribution in [2.75, 3.05) is 11.9 Å². The third-order valence-electron chi connectivity index (χ3n) is 3.31. The largest absolute Gasteiger partial charge is 0.384 e. The zero-order valence-electron chi connectivity index (χ0n) is 9.94. The number of rotatable bonds is 2. The predicted octanol–water partition coefficient (Wildman–Crippen LogP) is 2.42. The van der Waals surface area contributed by atoms with Crippen LogP contribution in [-0.4, -0.2) is 12.5 Å². The van der Waals surface area contributed by atoms with Crippen LogP contribution < -0.4 is 11.1 Å². The average molecular weight is 238 g/mol. The number of amides is 1. The number of hydrogen-bond donors (Lipinski definition) is 2. The summed E-state index contributed by atoms with van der Waals surface area (Å²) in [5, 5.41) is 3.30. The topological polar surface area (TPSA) is 55.1 Å². The normalized spacial score (nSPS) is 12.9. The number of benzene rings is 2. The molecule has 3 nitrogen and oxygen atoms in total.